The van der Waals surface area contributed by atoms with Gasteiger partial charge in [-0.25, -0.2) is 8.42 Å². The molecule has 1 aromatic rings. The van der Waals surface area contributed by atoms with E-state index in [1.807, 2.05) is 0 Å². The quantitative estimate of drug-likeness (QED) is 0.652. The third kappa shape index (κ3) is 2.92. The number of non-ortho nitro benzene ring substituents is 1. The van der Waals surface area contributed by atoms with Crippen molar-refractivity contribution in [2.24, 2.45) is 11.8 Å². The molecule has 120 valence electrons. The molecular weight excluding hydrogens is 336 g/mol. The second-order valence-corrected chi connectivity index (χ2v) is 7.43. The summed E-state index contributed by atoms with van der Waals surface area (Å²) >= 11 is 5.85. The number of sulfonamides is 1. The van der Waals surface area contributed by atoms with E-state index >= 15 is 0 Å². The van der Waals surface area contributed by atoms with Crippen molar-refractivity contribution < 1.29 is 23.2 Å². The summed E-state index contributed by atoms with van der Waals surface area (Å²) in [5.74, 6) is -2.17. The van der Waals surface area contributed by atoms with Crippen LogP contribution in [0.4, 0.5) is 5.69 Å². The van der Waals surface area contributed by atoms with Gasteiger partial charge in [0.15, 0.2) is 0 Å². The van der Waals surface area contributed by atoms with Crippen molar-refractivity contribution in [3.63, 3.8) is 0 Å². The number of halogens is 1. The molecule has 10 heteroatoms. The highest BCUT2D eigenvalue weighted by Crippen LogP contribution is 2.33. The molecule has 1 saturated heterocycles. The molecule has 2 rings (SSSR count). The summed E-state index contributed by atoms with van der Waals surface area (Å²) in [4.78, 5) is 20.8. The van der Waals surface area contributed by atoms with Gasteiger partial charge in [0.2, 0.25) is 10.0 Å². The van der Waals surface area contributed by atoms with E-state index in [4.69, 9.17) is 16.7 Å². The summed E-state index contributed by atoms with van der Waals surface area (Å²) in [5, 5.41) is 19.5. The van der Waals surface area contributed by atoms with Gasteiger partial charge < -0.3 is 5.11 Å². The van der Waals surface area contributed by atoms with Crippen molar-refractivity contribution in [1.82, 2.24) is 4.31 Å². The zero-order valence-corrected chi connectivity index (χ0v) is 13.0. The van der Waals surface area contributed by atoms with Gasteiger partial charge in [-0.1, -0.05) is 18.5 Å². The molecule has 1 heterocycles. The molecule has 0 amide bonds. The fourth-order valence-corrected chi connectivity index (χ4v) is 4.47. The van der Waals surface area contributed by atoms with Gasteiger partial charge in [-0.3, -0.25) is 14.9 Å². The van der Waals surface area contributed by atoms with Crippen molar-refractivity contribution in [2.75, 3.05) is 13.1 Å². The SMILES string of the molecule is C[C@@H]1CN(S(=O)(=O)c2ccc([N+](=O)[O-])cc2Cl)C[C@H]1C(=O)O. The van der Waals surface area contributed by atoms with Crippen LogP contribution in [0.15, 0.2) is 23.1 Å². The van der Waals surface area contributed by atoms with E-state index in [1.54, 1.807) is 6.92 Å². The Hall–Kier alpha value is -1.71. The molecule has 8 nitrogen and oxygen atoms in total. The van der Waals surface area contributed by atoms with Crippen molar-refractivity contribution in [2.45, 2.75) is 11.8 Å². The average Bonchev–Trinajstić information content (AvgIpc) is 2.81. The minimum absolute atomic E-state index is 0.0621. The molecule has 0 unspecified atom stereocenters. The van der Waals surface area contributed by atoms with Gasteiger partial charge in [0.05, 0.1) is 15.9 Å². The lowest BCUT2D eigenvalue weighted by atomic mass is 9.99. The minimum atomic E-state index is -4.00. The highest BCUT2D eigenvalue weighted by Gasteiger charge is 2.41. The van der Waals surface area contributed by atoms with Crippen LogP contribution in [0.1, 0.15) is 6.92 Å². The van der Waals surface area contributed by atoms with E-state index in [0.717, 1.165) is 22.5 Å². The van der Waals surface area contributed by atoms with Crippen LogP contribution in [-0.2, 0) is 14.8 Å². The number of benzene rings is 1. The van der Waals surface area contributed by atoms with Crippen molar-refractivity contribution >= 4 is 33.3 Å². The highest BCUT2D eigenvalue weighted by molar-refractivity contribution is 7.89. The number of hydrogen-bond acceptors (Lipinski definition) is 5. The van der Waals surface area contributed by atoms with Gasteiger partial charge in [0, 0.05) is 25.2 Å². The van der Waals surface area contributed by atoms with Crippen LogP contribution in [0, 0.1) is 22.0 Å². The third-order valence-electron chi connectivity index (χ3n) is 3.64. The lowest BCUT2D eigenvalue weighted by molar-refractivity contribution is -0.384. The number of aliphatic carboxylic acids is 1. The summed E-state index contributed by atoms with van der Waals surface area (Å²) < 4.78 is 26.1. The van der Waals surface area contributed by atoms with Gasteiger partial charge in [-0.05, 0) is 12.0 Å². The maximum absolute atomic E-state index is 12.5. The van der Waals surface area contributed by atoms with Crippen molar-refractivity contribution in [3.8, 4) is 0 Å². The van der Waals surface area contributed by atoms with E-state index in [0.29, 0.717) is 0 Å². The maximum atomic E-state index is 12.5. The van der Waals surface area contributed by atoms with Crippen molar-refractivity contribution in [1.29, 1.82) is 0 Å². The van der Waals surface area contributed by atoms with E-state index in [2.05, 4.69) is 0 Å². The largest absolute Gasteiger partial charge is 0.481 e. The Bertz CT molecular complexity index is 735. The first-order valence-corrected chi connectivity index (χ1v) is 8.13. The number of hydrogen-bond donors (Lipinski definition) is 1. The zero-order valence-electron chi connectivity index (χ0n) is 11.5. The highest BCUT2D eigenvalue weighted by atomic mass is 35.5. The number of nitrogens with zero attached hydrogens (tertiary/aromatic N) is 2. The van der Waals surface area contributed by atoms with Crippen LogP contribution in [0.25, 0.3) is 0 Å². The first-order chi connectivity index (χ1) is 10.1. The number of nitro groups is 1. The van der Waals surface area contributed by atoms with Gasteiger partial charge >= 0.3 is 5.97 Å². The maximum Gasteiger partial charge on any atom is 0.308 e. The zero-order chi connectivity index (χ0) is 16.7. The van der Waals surface area contributed by atoms with Crippen LogP contribution in [0.5, 0.6) is 0 Å². The normalized spacial score (nSPS) is 22.6. The molecule has 1 aliphatic heterocycles. The molecule has 1 aliphatic rings. The van der Waals surface area contributed by atoms with Crippen LogP contribution in [-0.4, -0.2) is 41.8 Å². The van der Waals surface area contributed by atoms with Crippen LogP contribution >= 0.6 is 11.6 Å². The Kier molecular flexibility index (Phi) is 4.41. The van der Waals surface area contributed by atoms with E-state index in [9.17, 15) is 23.3 Å². The first-order valence-electron chi connectivity index (χ1n) is 6.31. The molecule has 1 fully saturated rings. The second kappa shape index (κ2) is 5.82. The Balaban J connectivity index is 2.36. The lowest BCUT2D eigenvalue weighted by Gasteiger charge is -2.16. The molecule has 0 aromatic heterocycles. The van der Waals surface area contributed by atoms with Gasteiger partial charge in [-0.2, -0.15) is 4.31 Å². The van der Waals surface area contributed by atoms with E-state index in [-0.39, 0.29) is 34.6 Å². The molecule has 22 heavy (non-hydrogen) atoms. The average molecular weight is 349 g/mol. The topological polar surface area (TPSA) is 118 Å². The molecule has 0 bridgehead atoms. The van der Waals surface area contributed by atoms with Crippen LogP contribution in [0.2, 0.25) is 5.02 Å². The molecule has 0 spiro atoms. The lowest BCUT2D eigenvalue weighted by Crippen LogP contribution is -2.30. The van der Waals surface area contributed by atoms with Crippen LogP contribution < -0.4 is 0 Å². The van der Waals surface area contributed by atoms with Crippen LogP contribution in [0.3, 0.4) is 0 Å². The predicted molar refractivity (Wildman–Crippen MR) is 77.2 cm³/mol. The second-order valence-electron chi connectivity index (χ2n) is 5.12. The Morgan fingerprint density at radius 1 is 1.45 bits per heavy atom. The summed E-state index contributed by atoms with van der Waals surface area (Å²) in [5.41, 5.74) is -0.317. The molecular formula is C12H13ClN2O6S. The predicted octanol–water partition coefficient (Wildman–Crippen LogP) is 1.59. The number of rotatable bonds is 4. The monoisotopic (exact) mass is 348 g/mol. The first kappa shape index (κ1) is 16.7. The number of nitro benzene ring substituents is 1. The van der Waals surface area contributed by atoms with Gasteiger partial charge in [-0.15, -0.1) is 0 Å². The van der Waals surface area contributed by atoms with Crippen molar-refractivity contribution in [3.05, 3.63) is 33.3 Å². The Morgan fingerprint density at radius 2 is 2.09 bits per heavy atom. The van der Waals surface area contributed by atoms with E-state index < -0.39 is 26.8 Å². The molecule has 0 radical (unpaired) electrons. The smallest absolute Gasteiger partial charge is 0.308 e. The number of carboxylic acid groups (broad SMARTS) is 1. The number of carboxylic acids is 1. The molecule has 2 atom stereocenters. The Labute approximate surface area is 131 Å². The molecule has 0 aliphatic carbocycles. The van der Waals surface area contributed by atoms with Gasteiger partial charge in [0.1, 0.15) is 4.90 Å². The summed E-state index contributed by atoms with van der Waals surface area (Å²) in [6.07, 6.45) is 0. The molecule has 1 N–H and O–H groups in total. The molecule has 0 saturated carbocycles. The third-order valence-corrected chi connectivity index (χ3v) is 5.95. The standard InChI is InChI=1S/C12H13ClN2O6S/c1-7-5-14(6-9(7)12(16)17)22(20,21)11-3-2-8(15(18)19)4-10(11)13/h2-4,7,9H,5-6H2,1H3,(H,16,17)/t7-,9-/m1/s1. The Morgan fingerprint density at radius 3 is 2.55 bits per heavy atom. The fourth-order valence-electron chi connectivity index (χ4n) is 2.39. The number of carbonyl (C=O) groups is 1. The summed E-state index contributed by atoms with van der Waals surface area (Å²) in [6.45, 7) is 1.57. The summed E-state index contributed by atoms with van der Waals surface area (Å²) in [6, 6.07) is 3.07. The van der Waals surface area contributed by atoms with E-state index in [1.165, 1.54) is 0 Å². The fraction of sp³-hybridized carbons (Fsp3) is 0.417. The molecule has 1 aromatic carbocycles. The van der Waals surface area contributed by atoms with Gasteiger partial charge in [0.25, 0.3) is 5.69 Å². The summed E-state index contributed by atoms with van der Waals surface area (Å²) in [7, 11) is -4.00. The minimum Gasteiger partial charge on any atom is -0.481 e.